The van der Waals surface area contributed by atoms with Gasteiger partial charge in [0.1, 0.15) is 5.82 Å². The van der Waals surface area contributed by atoms with Gasteiger partial charge in [-0.1, -0.05) is 0 Å². The molecule has 0 saturated carbocycles. The van der Waals surface area contributed by atoms with Crippen LogP contribution in [0.1, 0.15) is 6.42 Å². The van der Waals surface area contributed by atoms with E-state index in [4.69, 9.17) is 4.74 Å². The zero-order valence-corrected chi connectivity index (χ0v) is 10.7. The molecule has 8 nitrogen and oxygen atoms in total. The molecule has 1 N–H and O–H groups in total. The minimum Gasteiger partial charge on any atom is -0.379 e. The molecule has 1 saturated heterocycles. The van der Waals surface area contributed by atoms with Crippen molar-refractivity contribution in [3.63, 3.8) is 0 Å². The Morgan fingerprint density at radius 1 is 1.26 bits per heavy atom. The van der Waals surface area contributed by atoms with Gasteiger partial charge in [-0.15, -0.1) is 14.8 Å². The number of rotatable bonds is 5. The molecular formula is C11H17N7O. The average Bonchev–Trinajstić information content (AvgIpc) is 2.92. The zero-order chi connectivity index (χ0) is 12.9. The van der Waals surface area contributed by atoms with Gasteiger partial charge < -0.3 is 10.1 Å². The normalized spacial score (nSPS) is 16.8. The lowest BCUT2D eigenvalue weighted by Gasteiger charge is -2.26. The van der Waals surface area contributed by atoms with E-state index >= 15 is 0 Å². The van der Waals surface area contributed by atoms with Crippen LogP contribution in [-0.4, -0.2) is 69.5 Å². The molecule has 0 bridgehead atoms. The Morgan fingerprint density at radius 3 is 3.05 bits per heavy atom. The van der Waals surface area contributed by atoms with Gasteiger partial charge in [0.2, 0.25) is 0 Å². The van der Waals surface area contributed by atoms with Crippen molar-refractivity contribution in [3.8, 4) is 0 Å². The number of hydrogen-bond acceptors (Lipinski definition) is 7. The maximum Gasteiger partial charge on any atom is 0.200 e. The van der Waals surface area contributed by atoms with Crippen molar-refractivity contribution in [3.05, 3.63) is 12.1 Å². The molecule has 0 atom stereocenters. The molecule has 1 aliphatic heterocycles. The fraction of sp³-hybridized carbons (Fsp3) is 0.636. The predicted octanol–water partition coefficient (Wildman–Crippen LogP) is -0.347. The van der Waals surface area contributed by atoms with Gasteiger partial charge in [0.05, 0.1) is 13.2 Å². The predicted molar refractivity (Wildman–Crippen MR) is 68.9 cm³/mol. The highest BCUT2D eigenvalue weighted by Gasteiger charge is 2.09. The summed E-state index contributed by atoms with van der Waals surface area (Å²) in [6, 6.07) is 3.73. The van der Waals surface area contributed by atoms with Crippen molar-refractivity contribution in [2.75, 3.05) is 44.7 Å². The summed E-state index contributed by atoms with van der Waals surface area (Å²) >= 11 is 0. The lowest BCUT2D eigenvalue weighted by Crippen LogP contribution is -2.37. The van der Waals surface area contributed by atoms with E-state index in [1.165, 1.54) is 4.63 Å². The lowest BCUT2D eigenvalue weighted by molar-refractivity contribution is 0.0378. The first-order valence-corrected chi connectivity index (χ1v) is 6.51. The number of morpholine rings is 1. The van der Waals surface area contributed by atoms with E-state index in [1.807, 2.05) is 12.1 Å². The summed E-state index contributed by atoms with van der Waals surface area (Å²) in [6.45, 7) is 5.75. The van der Waals surface area contributed by atoms with E-state index in [0.717, 1.165) is 51.6 Å². The van der Waals surface area contributed by atoms with E-state index in [9.17, 15) is 0 Å². The number of ether oxygens (including phenoxy) is 1. The van der Waals surface area contributed by atoms with Crippen LogP contribution in [0.2, 0.25) is 0 Å². The fourth-order valence-corrected chi connectivity index (χ4v) is 2.09. The Labute approximate surface area is 110 Å². The largest absolute Gasteiger partial charge is 0.379 e. The van der Waals surface area contributed by atoms with Gasteiger partial charge >= 0.3 is 0 Å². The quantitative estimate of drug-likeness (QED) is 0.739. The van der Waals surface area contributed by atoms with Crippen LogP contribution in [0.25, 0.3) is 5.65 Å². The second kappa shape index (κ2) is 5.89. The Hall–Kier alpha value is -1.80. The Kier molecular flexibility index (Phi) is 3.80. The van der Waals surface area contributed by atoms with Gasteiger partial charge in [0, 0.05) is 19.6 Å². The summed E-state index contributed by atoms with van der Waals surface area (Å²) < 4.78 is 6.74. The summed E-state index contributed by atoms with van der Waals surface area (Å²) in [4.78, 5) is 2.42. The molecule has 2 aromatic rings. The number of fused-ring (bicyclic) bond motifs is 1. The first-order valence-electron chi connectivity index (χ1n) is 6.51. The van der Waals surface area contributed by atoms with Gasteiger partial charge in [-0.3, -0.25) is 4.90 Å². The van der Waals surface area contributed by atoms with Crippen LogP contribution in [0, 0.1) is 0 Å². The summed E-state index contributed by atoms with van der Waals surface area (Å²) in [5.74, 6) is 0.793. The number of nitrogens with zero attached hydrogens (tertiary/aromatic N) is 6. The third kappa shape index (κ3) is 3.15. The standard InChI is InChI=1S/C11H17N7O/c1(5-17-6-8-19-9-7-17)4-12-10-2-3-11-13-15-16-18(11)14-10/h2-3H,1,4-9H2,(H,12,14). The molecule has 0 aliphatic carbocycles. The Morgan fingerprint density at radius 2 is 2.16 bits per heavy atom. The van der Waals surface area contributed by atoms with Crippen molar-refractivity contribution in [2.45, 2.75) is 6.42 Å². The molecule has 8 heteroatoms. The third-order valence-corrected chi connectivity index (χ3v) is 3.13. The van der Waals surface area contributed by atoms with Crippen LogP contribution < -0.4 is 5.32 Å². The van der Waals surface area contributed by atoms with E-state index in [0.29, 0.717) is 5.65 Å². The number of aromatic nitrogens is 5. The monoisotopic (exact) mass is 263 g/mol. The maximum absolute atomic E-state index is 5.32. The molecule has 1 aliphatic rings. The summed E-state index contributed by atoms with van der Waals surface area (Å²) in [5, 5.41) is 18.7. The Bertz CT molecular complexity index is 522. The first-order chi connectivity index (χ1) is 9.42. The number of anilines is 1. The molecule has 0 aromatic carbocycles. The van der Waals surface area contributed by atoms with E-state index in [1.54, 1.807) is 0 Å². The smallest absolute Gasteiger partial charge is 0.200 e. The van der Waals surface area contributed by atoms with E-state index in [-0.39, 0.29) is 0 Å². The molecule has 2 aromatic heterocycles. The summed E-state index contributed by atoms with van der Waals surface area (Å²) in [6.07, 6.45) is 1.08. The van der Waals surface area contributed by atoms with Crippen LogP contribution in [-0.2, 0) is 4.74 Å². The molecule has 0 amide bonds. The van der Waals surface area contributed by atoms with Gasteiger partial charge in [-0.2, -0.15) is 0 Å². The second-order valence-corrected chi connectivity index (χ2v) is 4.48. The molecular weight excluding hydrogens is 246 g/mol. The molecule has 3 rings (SSSR count). The zero-order valence-electron chi connectivity index (χ0n) is 10.7. The topological polar surface area (TPSA) is 80.5 Å². The van der Waals surface area contributed by atoms with Crippen molar-refractivity contribution >= 4 is 11.5 Å². The van der Waals surface area contributed by atoms with E-state index < -0.39 is 0 Å². The highest BCUT2D eigenvalue weighted by molar-refractivity contribution is 5.41. The van der Waals surface area contributed by atoms with Crippen LogP contribution in [0.4, 0.5) is 5.82 Å². The summed E-state index contributed by atoms with van der Waals surface area (Å²) in [5.41, 5.74) is 0.652. The average molecular weight is 263 g/mol. The lowest BCUT2D eigenvalue weighted by atomic mass is 10.3. The molecule has 102 valence electrons. The van der Waals surface area contributed by atoms with Crippen molar-refractivity contribution in [1.82, 2.24) is 30.2 Å². The van der Waals surface area contributed by atoms with Gasteiger partial charge in [0.25, 0.3) is 0 Å². The van der Waals surface area contributed by atoms with Crippen LogP contribution >= 0.6 is 0 Å². The van der Waals surface area contributed by atoms with Gasteiger partial charge in [0.15, 0.2) is 5.65 Å². The molecule has 1 fully saturated rings. The number of nitrogens with one attached hydrogen (secondary N) is 1. The minimum absolute atomic E-state index is 0.652. The van der Waals surface area contributed by atoms with Crippen LogP contribution in [0.5, 0.6) is 0 Å². The van der Waals surface area contributed by atoms with Crippen molar-refractivity contribution in [1.29, 1.82) is 0 Å². The molecule has 3 heterocycles. The van der Waals surface area contributed by atoms with Crippen molar-refractivity contribution < 1.29 is 4.74 Å². The SMILES string of the molecule is c1cc2nnnn2nc1NCCCN1CCOCC1. The first kappa shape index (κ1) is 12.2. The maximum atomic E-state index is 5.32. The minimum atomic E-state index is 0.652. The molecule has 0 spiro atoms. The molecule has 0 unspecified atom stereocenters. The van der Waals surface area contributed by atoms with Crippen LogP contribution in [0.3, 0.4) is 0 Å². The van der Waals surface area contributed by atoms with Gasteiger partial charge in [-0.25, -0.2) is 0 Å². The third-order valence-electron chi connectivity index (χ3n) is 3.13. The fourth-order valence-electron chi connectivity index (χ4n) is 2.09. The highest BCUT2D eigenvalue weighted by Crippen LogP contribution is 2.03. The summed E-state index contributed by atoms with van der Waals surface area (Å²) in [7, 11) is 0. The second-order valence-electron chi connectivity index (χ2n) is 4.48. The number of tetrazole rings is 1. The molecule has 19 heavy (non-hydrogen) atoms. The van der Waals surface area contributed by atoms with E-state index in [2.05, 4.69) is 30.8 Å². The Balaban J connectivity index is 1.43. The van der Waals surface area contributed by atoms with Crippen molar-refractivity contribution in [2.24, 2.45) is 0 Å². The highest BCUT2D eigenvalue weighted by atomic mass is 16.5. The van der Waals surface area contributed by atoms with Crippen LogP contribution in [0.15, 0.2) is 12.1 Å². The molecule has 0 radical (unpaired) electrons. The van der Waals surface area contributed by atoms with Gasteiger partial charge in [-0.05, 0) is 35.5 Å². The number of hydrogen-bond donors (Lipinski definition) is 1.